The van der Waals surface area contributed by atoms with Gasteiger partial charge < -0.3 is 5.32 Å². The number of rotatable bonds is 1. The molecule has 5 aliphatic rings. The van der Waals surface area contributed by atoms with Crippen LogP contribution in [0.5, 0.6) is 0 Å². The highest BCUT2D eigenvalue weighted by Gasteiger charge is 2.65. The second-order valence-corrected chi connectivity index (χ2v) is 9.27. The molecule has 1 saturated heterocycles. The first-order chi connectivity index (χ1) is 9.74. The van der Waals surface area contributed by atoms with Gasteiger partial charge in [-0.3, -0.25) is 4.99 Å². The molecule has 0 radical (unpaired) electrons. The first-order valence-corrected chi connectivity index (χ1v) is 9.71. The maximum absolute atomic E-state index is 5.16. The zero-order valence-corrected chi connectivity index (χ0v) is 13.3. The van der Waals surface area contributed by atoms with Gasteiger partial charge in [0.05, 0.1) is 6.04 Å². The topological polar surface area (TPSA) is 24.4 Å². The first kappa shape index (κ1) is 12.4. The summed E-state index contributed by atoms with van der Waals surface area (Å²) in [5.74, 6) is 6.25. The van der Waals surface area contributed by atoms with Crippen molar-refractivity contribution in [1.29, 1.82) is 0 Å². The molecule has 110 valence electrons. The molecular formula is C17H26N2S. The van der Waals surface area contributed by atoms with E-state index in [0.717, 1.165) is 29.6 Å². The monoisotopic (exact) mass is 290 g/mol. The number of amidine groups is 1. The molecule has 0 aromatic rings. The minimum absolute atomic E-state index is 0.407. The average Bonchev–Trinajstić information content (AvgIpc) is 2.81. The Balaban J connectivity index is 1.29. The molecule has 4 aliphatic carbocycles. The largest absolute Gasteiger partial charge is 0.359 e. The van der Waals surface area contributed by atoms with E-state index >= 15 is 0 Å². The smallest absolute Gasteiger partial charge is 0.157 e. The van der Waals surface area contributed by atoms with Gasteiger partial charge in [-0.05, 0) is 61.7 Å². The van der Waals surface area contributed by atoms with Gasteiger partial charge in [0.15, 0.2) is 5.17 Å². The Morgan fingerprint density at radius 1 is 1.20 bits per heavy atom. The Hall–Kier alpha value is -0.180. The molecule has 6 atom stereocenters. The molecule has 0 aromatic heterocycles. The molecule has 3 heteroatoms. The molecule has 5 rings (SSSR count). The van der Waals surface area contributed by atoms with Crippen molar-refractivity contribution in [3.05, 3.63) is 0 Å². The van der Waals surface area contributed by atoms with E-state index in [9.17, 15) is 0 Å². The van der Waals surface area contributed by atoms with Crippen molar-refractivity contribution in [2.45, 2.75) is 63.5 Å². The van der Waals surface area contributed by atoms with Gasteiger partial charge in [0.2, 0.25) is 0 Å². The van der Waals surface area contributed by atoms with Crippen molar-refractivity contribution in [2.75, 3.05) is 5.75 Å². The van der Waals surface area contributed by atoms with Crippen molar-refractivity contribution in [1.82, 2.24) is 5.32 Å². The van der Waals surface area contributed by atoms with Crippen LogP contribution in [0.3, 0.4) is 0 Å². The highest BCUT2D eigenvalue weighted by Crippen LogP contribution is 2.67. The second-order valence-electron chi connectivity index (χ2n) is 8.31. The van der Waals surface area contributed by atoms with Crippen LogP contribution in [0, 0.1) is 29.6 Å². The van der Waals surface area contributed by atoms with Gasteiger partial charge in [-0.1, -0.05) is 31.5 Å². The van der Waals surface area contributed by atoms with Crippen LogP contribution in [0.4, 0.5) is 0 Å². The fraction of sp³-hybridized carbons (Fsp3) is 0.941. The van der Waals surface area contributed by atoms with Crippen molar-refractivity contribution in [2.24, 2.45) is 34.6 Å². The van der Waals surface area contributed by atoms with Crippen LogP contribution < -0.4 is 5.32 Å². The number of nitrogens with zero attached hydrogens (tertiary/aromatic N) is 1. The zero-order chi connectivity index (χ0) is 13.3. The second kappa shape index (κ2) is 4.18. The molecule has 1 aliphatic heterocycles. The number of hydrogen-bond donors (Lipinski definition) is 1. The molecule has 0 aromatic carbocycles. The molecule has 0 amide bonds. The van der Waals surface area contributed by atoms with Crippen LogP contribution in [0.25, 0.3) is 0 Å². The fourth-order valence-electron chi connectivity index (χ4n) is 6.07. The van der Waals surface area contributed by atoms with Gasteiger partial charge in [-0.2, -0.15) is 0 Å². The summed E-state index contributed by atoms with van der Waals surface area (Å²) < 4.78 is 0. The maximum Gasteiger partial charge on any atom is 0.157 e. The predicted molar refractivity (Wildman–Crippen MR) is 85.0 cm³/mol. The Kier molecular flexibility index (Phi) is 2.58. The highest BCUT2D eigenvalue weighted by atomic mass is 32.2. The molecule has 5 fully saturated rings. The Labute approximate surface area is 126 Å². The third kappa shape index (κ3) is 1.74. The molecule has 20 heavy (non-hydrogen) atoms. The van der Waals surface area contributed by atoms with E-state index in [4.69, 9.17) is 4.99 Å². The minimum atomic E-state index is 0.407. The number of nitrogens with one attached hydrogen (secondary N) is 1. The van der Waals surface area contributed by atoms with Crippen molar-refractivity contribution in [3.63, 3.8) is 0 Å². The number of hydrogen-bond acceptors (Lipinski definition) is 2. The van der Waals surface area contributed by atoms with Gasteiger partial charge in [-0.25, -0.2) is 0 Å². The van der Waals surface area contributed by atoms with E-state index in [0.29, 0.717) is 11.6 Å². The number of thioether (sulfide) groups is 1. The van der Waals surface area contributed by atoms with Crippen molar-refractivity contribution in [3.8, 4) is 0 Å². The van der Waals surface area contributed by atoms with Crippen LogP contribution in [-0.2, 0) is 0 Å². The molecule has 6 unspecified atom stereocenters. The third-order valence-electron chi connectivity index (χ3n) is 6.91. The summed E-state index contributed by atoms with van der Waals surface area (Å²) in [6.45, 7) is 2.42. The lowest BCUT2D eigenvalue weighted by molar-refractivity contribution is 0.242. The minimum Gasteiger partial charge on any atom is -0.359 e. The number of fused-ring (bicyclic) bond motifs is 5. The molecule has 2 nitrogen and oxygen atoms in total. The van der Waals surface area contributed by atoms with E-state index in [1.165, 1.54) is 49.4 Å². The molecule has 4 saturated carbocycles. The molecular weight excluding hydrogens is 264 g/mol. The SMILES string of the molecule is CC1CCCC2(CSC(=NC3C4C5CCC(C5)C34)N2)C1. The normalized spacial score (nSPS) is 58.1. The third-order valence-corrected chi connectivity index (χ3v) is 8.09. The average molecular weight is 290 g/mol. The van der Waals surface area contributed by atoms with Crippen molar-refractivity contribution < 1.29 is 0 Å². The van der Waals surface area contributed by atoms with Crippen molar-refractivity contribution >= 4 is 16.9 Å². The van der Waals surface area contributed by atoms with Gasteiger partial charge in [0.1, 0.15) is 0 Å². The maximum atomic E-state index is 5.16. The zero-order valence-electron chi connectivity index (χ0n) is 12.5. The molecule has 1 spiro atoms. The standard InChI is InChI=1S/C17H26N2S/c1-10-3-2-6-17(8-10)9-20-16(19-17)18-15-13-11-4-5-12(7-11)14(13)15/h10-15H,2-9H2,1H3,(H,18,19). The van der Waals surface area contributed by atoms with E-state index in [1.54, 1.807) is 6.42 Å². The van der Waals surface area contributed by atoms with E-state index < -0.39 is 0 Å². The van der Waals surface area contributed by atoms with Crippen LogP contribution in [-0.4, -0.2) is 22.5 Å². The Morgan fingerprint density at radius 2 is 2.00 bits per heavy atom. The molecule has 2 bridgehead atoms. The Morgan fingerprint density at radius 3 is 2.75 bits per heavy atom. The summed E-state index contributed by atoms with van der Waals surface area (Å²) in [4.78, 5) is 5.16. The highest BCUT2D eigenvalue weighted by molar-refractivity contribution is 8.14. The van der Waals surface area contributed by atoms with Crippen LogP contribution in [0.15, 0.2) is 4.99 Å². The molecule has 1 heterocycles. The summed E-state index contributed by atoms with van der Waals surface area (Å²) in [7, 11) is 0. The van der Waals surface area contributed by atoms with Gasteiger partial charge in [-0.15, -0.1) is 0 Å². The lowest BCUT2D eigenvalue weighted by Crippen LogP contribution is -2.47. The summed E-state index contributed by atoms with van der Waals surface area (Å²) in [6.07, 6.45) is 10.1. The lowest BCUT2D eigenvalue weighted by atomic mass is 9.78. The fourth-order valence-corrected chi connectivity index (χ4v) is 7.30. The summed E-state index contributed by atoms with van der Waals surface area (Å²) in [6, 6.07) is 0.715. The predicted octanol–water partition coefficient (Wildman–Crippen LogP) is 3.67. The van der Waals surface area contributed by atoms with Gasteiger partial charge >= 0.3 is 0 Å². The Bertz CT molecular complexity index is 446. The molecule has 1 N–H and O–H groups in total. The summed E-state index contributed by atoms with van der Waals surface area (Å²) in [5, 5.41) is 5.16. The van der Waals surface area contributed by atoms with Gasteiger partial charge in [0.25, 0.3) is 0 Å². The lowest BCUT2D eigenvalue weighted by Gasteiger charge is -2.36. The quantitative estimate of drug-likeness (QED) is 0.797. The number of aliphatic imine (C=N–C) groups is 1. The van der Waals surface area contributed by atoms with E-state index in [2.05, 4.69) is 12.2 Å². The van der Waals surface area contributed by atoms with Crippen LogP contribution in [0.1, 0.15) is 51.9 Å². The summed E-state index contributed by atoms with van der Waals surface area (Å²) >= 11 is 2.02. The summed E-state index contributed by atoms with van der Waals surface area (Å²) in [5.41, 5.74) is 0.407. The van der Waals surface area contributed by atoms with Crippen LogP contribution in [0.2, 0.25) is 0 Å². The van der Waals surface area contributed by atoms with E-state index in [1.807, 2.05) is 11.8 Å². The van der Waals surface area contributed by atoms with E-state index in [-0.39, 0.29) is 0 Å². The van der Waals surface area contributed by atoms with Crippen LogP contribution >= 0.6 is 11.8 Å². The van der Waals surface area contributed by atoms with Gasteiger partial charge in [0, 0.05) is 11.3 Å². The first-order valence-electron chi connectivity index (χ1n) is 8.73.